The summed E-state index contributed by atoms with van der Waals surface area (Å²) in [6.07, 6.45) is 1.64. The summed E-state index contributed by atoms with van der Waals surface area (Å²) in [5.74, 6) is 0.154. The molecule has 1 heterocycles. The SMILES string of the molecule is O=c1cc(OCc2ccc(F)cc2)ccn1-c1ccc(CO)cc1. The zero-order valence-electron chi connectivity index (χ0n) is 12.9. The van der Waals surface area contributed by atoms with Crippen LogP contribution in [0.5, 0.6) is 5.75 Å². The maximum atomic E-state index is 12.9. The third-order valence-corrected chi connectivity index (χ3v) is 3.61. The molecule has 0 aliphatic heterocycles. The molecule has 0 saturated carbocycles. The third kappa shape index (κ3) is 3.70. The van der Waals surface area contributed by atoms with Crippen molar-refractivity contribution < 1.29 is 14.2 Å². The summed E-state index contributed by atoms with van der Waals surface area (Å²) in [5.41, 5.74) is 2.09. The van der Waals surface area contributed by atoms with E-state index < -0.39 is 0 Å². The molecule has 0 amide bonds. The van der Waals surface area contributed by atoms with Gasteiger partial charge in [0.1, 0.15) is 18.2 Å². The minimum Gasteiger partial charge on any atom is -0.489 e. The molecule has 0 spiro atoms. The number of aliphatic hydroxyl groups excluding tert-OH is 1. The first-order valence-electron chi connectivity index (χ1n) is 7.46. The Kier molecular flexibility index (Phi) is 4.72. The second-order valence-corrected chi connectivity index (χ2v) is 5.31. The molecule has 0 saturated heterocycles. The largest absolute Gasteiger partial charge is 0.489 e. The lowest BCUT2D eigenvalue weighted by atomic mass is 10.2. The van der Waals surface area contributed by atoms with E-state index in [1.807, 2.05) is 0 Å². The van der Waals surface area contributed by atoms with Crippen LogP contribution in [0, 0.1) is 5.82 Å². The molecule has 24 heavy (non-hydrogen) atoms. The Morgan fingerprint density at radius 3 is 2.25 bits per heavy atom. The average Bonchev–Trinajstić information content (AvgIpc) is 2.61. The molecule has 3 aromatic rings. The Labute approximate surface area is 138 Å². The van der Waals surface area contributed by atoms with Gasteiger partial charge in [-0.15, -0.1) is 0 Å². The number of aromatic nitrogens is 1. The molecule has 0 aliphatic carbocycles. The Morgan fingerprint density at radius 1 is 0.958 bits per heavy atom. The van der Waals surface area contributed by atoms with Crippen molar-refractivity contribution in [3.63, 3.8) is 0 Å². The van der Waals surface area contributed by atoms with Crippen molar-refractivity contribution in [2.75, 3.05) is 0 Å². The van der Waals surface area contributed by atoms with Crippen molar-refractivity contribution in [1.29, 1.82) is 0 Å². The summed E-state index contributed by atoms with van der Waals surface area (Å²) >= 11 is 0. The van der Waals surface area contributed by atoms with Gasteiger partial charge in [0, 0.05) is 18.0 Å². The normalized spacial score (nSPS) is 10.6. The van der Waals surface area contributed by atoms with Crippen molar-refractivity contribution in [3.05, 3.63) is 94.2 Å². The number of aliphatic hydroxyl groups is 1. The van der Waals surface area contributed by atoms with Crippen LogP contribution in [0.3, 0.4) is 0 Å². The average molecular weight is 325 g/mol. The van der Waals surface area contributed by atoms with Crippen molar-refractivity contribution in [3.8, 4) is 11.4 Å². The van der Waals surface area contributed by atoms with Crippen LogP contribution in [-0.4, -0.2) is 9.67 Å². The highest BCUT2D eigenvalue weighted by Crippen LogP contribution is 2.13. The Bertz CT molecular complexity index is 870. The number of ether oxygens (including phenoxy) is 1. The molecule has 5 heteroatoms. The van der Waals surface area contributed by atoms with Gasteiger partial charge in [-0.3, -0.25) is 9.36 Å². The monoisotopic (exact) mass is 325 g/mol. The molecular weight excluding hydrogens is 309 g/mol. The van der Waals surface area contributed by atoms with Crippen LogP contribution in [0.2, 0.25) is 0 Å². The van der Waals surface area contributed by atoms with Gasteiger partial charge in [-0.05, 0) is 41.5 Å². The highest BCUT2D eigenvalue weighted by Gasteiger charge is 2.03. The van der Waals surface area contributed by atoms with E-state index in [0.29, 0.717) is 11.4 Å². The second kappa shape index (κ2) is 7.10. The number of rotatable bonds is 5. The summed E-state index contributed by atoms with van der Waals surface area (Å²) in [6.45, 7) is 0.222. The van der Waals surface area contributed by atoms with E-state index in [1.54, 1.807) is 48.7 Å². The lowest BCUT2D eigenvalue weighted by Gasteiger charge is -2.09. The van der Waals surface area contributed by atoms with Gasteiger partial charge in [-0.25, -0.2) is 4.39 Å². The van der Waals surface area contributed by atoms with Gasteiger partial charge < -0.3 is 9.84 Å². The summed E-state index contributed by atoms with van der Waals surface area (Å²) in [6, 6.07) is 16.2. The van der Waals surface area contributed by atoms with E-state index in [1.165, 1.54) is 22.8 Å². The van der Waals surface area contributed by atoms with E-state index in [4.69, 9.17) is 9.84 Å². The van der Waals surface area contributed by atoms with E-state index in [9.17, 15) is 9.18 Å². The summed E-state index contributed by atoms with van der Waals surface area (Å²) in [4.78, 5) is 12.2. The molecular formula is C19H16FNO3. The summed E-state index contributed by atoms with van der Waals surface area (Å²) in [7, 11) is 0. The van der Waals surface area contributed by atoms with Gasteiger partial charge in [0.15, 0.2) is 0 Å². The fraction of sp³-hybridized carbons (Fsp3) is 0.105. The lowest BCUT2D eigenvalue weighted by molar-refractivity contribution is 0.282. The van der Waals surface area contributed by atoms with Gasteiger partial charge >= 0.3 is 0 Å². The van der Waals surface area contributed by atoms with Crippen LogP contribution in [-0.2, 0) is 13.2 Å². The van der Waals surface area contributed by atoms with Gasteiger partial charge in [0.2, 0.25) is 0 Å². The molecule has 2 aromatic carbocycles. The van der Waals surface area contributed by atoms with Gasteiger partial charge in [-0.2, -0.15) is 0 Å². The lowest BCUT2D eigenvalue weighted by Crippen LogP contribution is -2.16. The number of hydrogen-bond donors (Lipinski definition) is 1. The van der Waals surface area contributed by atoms with Gasteiger partial charge in [0.25, 0.3) is 5.56 Å². The first-order valence-corrected chi connectivity index (χ1v) is 7.46. The third-order valence-electron chi connectivity index (χ3n) is 3.61. The molecule has 0 bridgehead atoms. The molecule has 0 unspecified atom stereocenters. The van der Waals surface area contributed by atoms with Crippen molar-refractivity contribution in [1.82, 2.24) is 4.57 Å². The van der Waals surface area contributed by atoms with Crippen molar-refractivity contribution in [2.24, 2.45) is 0 Å². The highest BCUT2D eigenvalue weighted by molar-refractivity contribution is 5.36. The fourth-order valence-corrected chi connectivity index (χ4v) is 2.27. The molecule has 122 valence electrons. The first-order chi connectivity index (χ1) is 11.7. The van der Waals surface area contributed by atoms with Crippen LogP contribution >= 0.6 is 0 Å². The van der Waals surface area contributed by atoms with Crippen LogP contribution in [0.15, 0.2) is 71.7 Å². The molecule has 0 fully saturated rings. The van der Waals surface area contributed by atoms with E-state index in [2.05, 4.69) is 0 Å². The van der Waals surface area contributed by atoms with Crippen LogP contribution in [0.4, 0.5) is 4.39 Å². The topological polar surface area (TPSA) is 51.5 Å². The number of hydrogen-bond acceptors (Lipinski definition) is 3. The predicted molar refractivity (Wildman–Crippen MR) is 88.7 cm³/mol. The van der Waals surface area contributed by atoms with Crippen LogP contribution < -0.4 is 10.3 Å². The predicted octanol–water partition coefficient (Wildman–Crippen LogP) is 3.05. The fourth-order valence-electron chi connectivity index (χ4n) is 2.27. The molecule has 1 N–H and O–H groups in total. The number of halogens is 1. The number of pyridine rings is 1. The highest BCUT2D eigenvalue weighted by atomic mass is 19.1. The smallest absolute Gasteiger partial charge is 0.258 e. The van der Waals surface area contributed by atoms with Crippen molar-refractivity contribution >= 4 is 0 Å². The maximum absolute atomic E-state index is 12.9. The van der Waals surface area contributed by atoms with Crippen LogP contribution in [0.1, 0.15) is 11.1 Å². The first kappa shape index (κ1) is 16.0. The standard InChI is InChI=1S/C19H16FNO3/c20-16-5-1-15(2-6-16)13-24-18-9-10-21(19(23)11-18)17-7-3-14(12-22)4-8-17/h1-11,22H,12-13H2. The molecule has 1 aromatic heterocycles. The van der Waals surface area contributed by atoms with Gasteiger partial charge in [0.05, 0.1) is 6.61 Å². The molecule has 0 atom stereocenters. The Morgan fingerprint density at radius 2 is 1.62 bits per heavy atom. The second-order valence-electron chi connectivity index (χ2n) is 5.31. The van der Waals surface area contributed by atoms with E-state index in [-0.39, 0.29) is 24.6 Å². The minimum absolute atomic E-state index is 0.0364. The molecule has 4 nitrogen and oxygen atoms in total. The van der Waals surface area contributed by atoms with Crippen LogP contribution in [0.25, 0.3) is 5.69 Å². The van der Waals surface area contributed by atoms with Gasteiger partial charge in [-0.1, -0.05) is 24.3 Å². The zero-order valence-corrected chi connectivity index (χ0v) is 12.9. The number of nitrogens with zero attached hydrogens (tertiary/aromatic N) is 1. The summed E-state index contributed by atoms with van der Waals surface area (Å²) in [5, 5.41) is 9.05. The van der Waals surface area contributed by atoms with E-state index >= 15 is 0 Å². The van der Waals surface area contributed by atoms with Crippen molar-refractivity contribution in [2.45, 2.75) is 13.2 Å². The number of benzene rings is 2. The molecule has 0 aliphatic rings. The van der Waals surface area contributed by atoms with E-state index in [0.717, 1.165) is 11.1 Å². The Balaban J connectivity index is 1.74. The maximum Gasteiger partial charge on any atom is 0.258 e. The quantitative estimate of drug-likeness (QED) is 0.784. The minimum atomic E-state index is -0.298. The molecule has 0 radical (unpaired) electrons. The molecule has 3 rings (SSSR count). The summed E-state index contributed by atoms with van der Waals surface area (Å²) < 4.78 is 19.9. The Hall–Kier alpha value is -2.92. The zero-order chi connectivity index (χ0) is 16.9.